The number of guanidine groups is 1. The second kappa shape index (κ2) is 47.4. The fourth-order valence-electron chi connectivity index (χ4n) is 14.1. The van der Waals surface area contributed by atoms with Gasteiger partial charge in [-0.3, -0.25) is 67.9 Å². The van der Waals surface area contributed by atoms with E-state index in [-0.39, 0.29) is 122 Å². The zero-order chi connectivity index (χ0) is 85.2. The number of aliphatic carboxylic acids is 1. The van der Waals surface area contributed by atoms with Crippen molar-refractivity contribution in [3.63, 3.8) is 0 Å². The molecule has 10 amide bonds. The summed E-state index contributed by atoms with van der Waals surface area (Å²) in [5, 5.41) is 78.2. The number of morpholine rings is 1. The number of ether oxygens (including phenoxy) is 1. The summed E-state index contributed by atoms with van der Waals surface area (Å²) in [6.45, 7) is 7.70. The summed E-state index contributed by atoms with van der Waals surface area (Å²) in [6.07, 6.45) is -0.253. The van der Waals surface area contributed by atoms with Crippen LogP contribution in [-0.4, -0.2) is 245 Å². The molecule has 0 aromatic heterocycles. The molecule has 0 aliphatic carbocycles. The third kappa shape index (κ3) is 30.2. The Morgan fingerprint density at radius 1 is 0.525 bits per heavy atom. The van der Waals surface area contributed by atoms with Crippen LogP contribution in [0.15, 0.2) is 146 Å². The van der Waals surface area contributed by atoms with Crippen LogP contribution in [0.1, 0.15) is 98.2 Å². The number of hydrogen-bond donors (Lipinski definition) is 17. The molecule has 118 heavy (non-hydrogen) atoms. The van der Waals surface area contributed by atoms with Crippen molar-refractivity contribution >= 4 is 93.4 Å². The predicted octanol–water partition coefficient (Wildman–Crippen LogP) is 0.734. The quantitative estimate of drug-likeness (QED) is 0.0142. The number of halogens is 1. The molecule has 33 heteroatoms. The number of likely N-dealkylation sites (tertiary alicyclic amines) is 1. The van der Waals surface area contributed by atoms with E-state index in [9.17, 15) is 49.2 Å². The standard InChI is InChI=1S/C85H113ClN16O16/c1-53(2)43-67(77(110)93-65(15-9-32-91-85(88)89)84(117)102-34-10-16-73(102)83(116)92-54(3)75(87)108)94-78(111)70(46-56-17-21-59(22-18-56)50-100(35-39-103)36-40-104)97-80(113)71(47-57-19-23-60(24-20-57)51-101-37-41-118-42-38-101)98-82(115)72(52-105)99-81(114)68(45-55-11-5-4-6-12-55)96-79(112)69(48-58-26-29-64(86)30-27-58)95-76(109)66(90-33-31-74(106)107)49-61-25-28-62-13-7-8-14-63(62)44-61/h4-8,11-14,17-30,44,53-54,65-73,90,103-105H,9-10,15-16,31-43,45-52H2,1-3H3,(H2,87,108)(H,92,116)(H,93,110)(H,94,111)(H,95,109)(H,96,112)(H,97,113)(H,98,115)(H,99,114)(H,106,107)(H4,88,89,91)/t54-,65+,66-,67+,68-,69-,70-,71+,72+,73+/m1/s1. The number of aliphatic hydroxyl groups is 3. The van der Waals surface area contributed by atoms with Crippen molar-refractivity contribution in [2.45, 2.75) is 165 Å². The van der Waals surface area contributed by atoms with Crippen molar-refractivity contribution in [1.29, 1.82) is 5.41 Å². The van der Waals surface area contributed by atoms with E-state index in [0.717, 1.165) is 27.5 Å². The SMILES string of the molecule is CC(C)C[C@H](NC(=O)[C@@H](Cc1ccc(CN(CCO)CCO)cc1)NC(=O)[C@H](Cc1ccc(CN2CCOCC2)cc1)NC(=O)[C@H](CO)NC(=O)[C@@H](Cc1ccccc1)NC(=O)[C@@H](Cc1ccc(Cl)cc1)NC(=O)[C@@H](Cc1ccc2ccccc2c1)NCCC(=O)O)C(=O)N[C@@H](CCCNC(=N)N)C(=O)N1CCC[C@H]1C(=O)N[C@H](C)C(N)=O. The van der Waals surface area contributed by atoms with E-state index in [1.54, 1.807) is 105 Å². The van der Waals surface area contributed by atoms with Gasteiger partial charge < -0.3 is 94.7 Å². The number of aliphatic hydroxyl groups excluding tert-OH is 3. The number of carbonyl (C=O) groups is 11. The van der Waals surface area contributed by atoms with Gasteiger partial charge in [0.05, 0.1) is 45.5 Å². The van der Waals surface area contributed by atoms with Gasteiger partial charge in [0.15, 0.2) is 5.96 Å². The van der Waals surface area contributed by atoms with Gasteiger partial charge in [0.1, 0.15) is 54.4 Å². The van der Waals surface area contributed by atoms with Gasteiger partial charge >= 0.3 is 5.97 Å². The van der Waals surface area contributed by atoms with Crippen molar-refractivity contribution in [1.82, 2.24) is 67.9 Å². The molecule has 2 heterocycles. The molecule has 0 unspecified atom stereocenters. The Morgan fingerprint density at radius 3 is 1.51 bits per heavy atom. The number of nitrogens with zero attached hydrogens (tertiary/aromatic N) is 3. The minimum absolute atomic E-state index is 0.00830. The van der Waals surface area contributed by atoms with Crippen molar-refractivity contribution in [2.24, 2.45) is 17.4 Å². The van der Waals surface area contributed by atoms with Crippen LogP contribution in [0.5, 0.6) is 0 Å². The zero-order valence-corrected chi connectivity index (χ0v) is 67.7. The molecule has 0 radical (unpaired) electrons. The third-order valence-electron chi connectivity index (χ3n) is 20.5. The van der Waals surface area contributed by atoms with Gasteiger partial charge in [0, 0.05) is 89.6 Å². The highest BCUT2D eigenvalue weighted by molar-refractivity contribution is 6.30. The molecule has 2 fully saturated rings. The first kappa shape index (κ1) is 92.5. The Kier molecular flexibility index (Phi) is 37.2. The van der Waals surface area contributed by atoms with Crippen molar-refractivity contribution in [3.05, 3.63) is 190 Å². The lowest BCUT2D eigenvalue weighted by atomic mass is 9.99. The van der Waals surface area contributed by atoms with Gasteiger partial charge in [-0.05, 0) is 113 Å². The lowest BCUT2D eigenvalue weighted by molar-refractivity contribution is -0.142. The summed E-state index contributed by atoms with van der Waals surface area (Å²) in [4.78, 5) is 163. The summed E-state index contributed by atoms with van der Waals surface area (Å²) in [5.41, 5.74) is 15.6. The normalized spacial score (nSPS) is 15.8. The molecule has 10 atom stereocenters. The number of hydrogen-bond acceptors (Lipinski definition) is 19. The maximum atomic E-state index is 15.6. The highest BCUT2D eigenvalue weighted by atomic mass is 35.5. The smallest absolute Gasteiger partial charge is 0.304 e. The predicted molar refractivity (Wildman–Crippen MR) is 444 cm³/mol. The number of carbonyl (C=O) groups excluding carboxylic acids is 10. The van der Waals surface area contributed by atoms with Crippen molar-refractivity contribution in [3.8, 4) is 0 Å². The maximum Gasteiger partial charge on any atom is 0.304 e. The molecule has 0 saturated carbocycles. The molecule has 636 valence electrons. The first-order chi connectivity index (χ1) is 56.6. The first-order valence-corrected chi connectivity index (χ1v) is 40.4. The minimum atomic E-state index is -1.83. The lowest BCUT2D eigenvalue weighted by Gasteiger charge is -2.31. The van der Waals surface area contributed by atoms with Gasteiger partial charge in [0.2, 0.25) is 59.1 Å². The summed E-state index contributed by atoms with van der Waals surface area (Å²) in [5.74, 6) is -9.97. The van der Waals surface area contributed by atoms with Crippen LogP contribution >= 0.6 is 11.6 Å². The highest BCUT2D eigenvalue weighted by Gasteiger charge is 2.41. The van der Waals surface area contributed by atoms with E-state index in [2.05, 4.69) is 58.1 Å². The topological polar surface area (TPSA) is 484 Å². The number of carboxylic acids is 1. The Hall–Kier alpha value is -11.0. The van der Waals surface area contributed by atoms with Gasteiger partial charge in [-0.1, -0.05) is 159 Å². The number of primary amides is 1. The Labute approximate surface area is 691 Å². The molecule has 19 N–H and O–H groups in total. The maximum absolute atomic E-state index is 15.6. The van der Waals surface area contributed by atoms with Gasteiger partial charge in [-0.15, -0.1) is 0 Å². The molecule has 6 aromatic rings. The Balaban J connectivity index is 1.10. The van der Waals surface area contributed by atoms with Crippen LogP contribution in [0.4, 0.5) is 0 Å². The van der Waals surface area contributed by atoms with E-state index in [4.69, 9.17) is 33.2 Å². The number of carboxylic acid groups (broad SMARTS) is 1. The summed E-state index contributed by atoms with van der Waals surface area (Å²) >= 11 is 6.30. The van der Waals surface area contributed by atoms with Crippen LogP contribution in [0.25, 0.3) is 10.8 Å². The zero-order valence-electron chi connectivity index (χ0n) is 66.9. The molecule has 6 aromatic carbocycles. The second-order valence-electron chi connectivity index (χ2n) is 30.3. The summed E-state index contributed by atoms with van der Waals surface area (Å²) in [6, 6.07) is 28.9. The minimum Gasteiger partial charge on any atom is -0.481 e. The molecule has 0 bridgehead atoms. The van der Waals surface area contributed by atoms with E-state index in [0.29, 0.717) is 73.1 Å². The largest absolute Gasteiger partial charge is 0.481 e. The first-order valence-electron chi connectivity index (χ1n) is 40.0. The number of fused-ring (bicyclic) bond motifs is 1. The van der Waals surface area contributed by atoms with Crippen LogP contribution < -0.4 is 64.6 Å². The summed E-state index contributed by atoms with van der Waals surface area (Å²) in [7, 11) is 0. The van der Waals surface area contributed by atoms with Gasteiger partial charge in [-0.2, -0.15) is 0 Å². The molecule has 2 aliphatic rings. The third-order valence-corrected chi connectivity index (χ3v) is 20.8. The number of benzene rings is 6. The molecule has 2 aliphatic heterocycles. The molecular formula is C85H113ClN16O16. The Morgan fingerprint density at radius 2 is 0.983 bits per heavy atom. The van der Waals surface area contributed by atoms with Gasteiger partial charge in [0.25, 0.3) is 0 Å². The highest BCUT2D eigenvalue weighted by Crippen LogP contribution is 2.23. The van der Waals surface area contributed by atoms with Gasteiger partial charge in [-0.25, -0.2) is 0 Å². The second-order valence-corrected chi connectivity index (χ2v) is 30.7. The number of amides is 10. The summed E-state index contributed by atoms with van der Waals surface area (Å²) < 4.78 is 5.57. The Bertz CT molecular complexity index is 4330. The molecule has 2 saturated heterocycles. The number of rotatable bonds is 47. The monoisotopic (exact) mass is 1650 g/mol. The molecular weight excluding hydrogens is 1540 g/mol. The lowest BCUT2D eigenvalue weighted by Crippen LogP contribution is -2.62. The number of nitrogens with two attached hydrogens (primary N) is 2. The number of nitrogens with one attached hydrogen (secondary N) is 11. The van der Waals surface area contributed by atoms with Crippen LogP contribution in [-0.2, 0) is 103 Å². The van der Waals surface area contributed by atoms with E-state index in [1.165, 1.54) is 11.8 Å². The fourth-order valence-corrected chi connectivity index (χ4v) is 14.2. The average Bonchev–Trinajstić information content (AvgIpc) is 1.55. The fraction of sp³-hybridized carbons (Fsp3) is 0.459. The van der Waals surface area contributed by atoms with Crippen LogP contribution in [0.3, 0.4) is 0 Å². The van der Waals surface area contributed by atoms with Crippen molar-refractivity contribution < 1.29 is 77.9 Å². The van der Waals surface area contributed by atoms with E-state index >= 15 is 24.0 Å². The van der Waals surface area contributed by atoms with Crippen molar-refractivity contribution in [2.75, 3.05) is 78.8 Å². The van der Waals surface area contributed by atoms with E-state index < -0.39 is 132 Å². The molecule has 8 rings (SSSR count). The average molecular weight is 1650 g/mol. The molecule has 32 nitrogen and oxygen atoms in total. The van der Waals surface area contributed by atoms with Crippen LogP contribution in [0.2, 0.25) is 5.02 Å². The van der Waals surface area contributed by atoms with Crippen LogP contribution in [0, 0.1) is 11.3 Å². The van der Waals surface area contributed by atoms with E-state index in [1.807, 2.05) is 59.5 Å². The molecule has 0 spiro atoms.